The Morgan fingerprint density at radius 1 is 1.27 bits per heavy atom. The lowest BCUT2D eigenvalue weighted by atomic mass is 9.89. The summed E-state index contributed by atoms with van der Waals surface area (Å²) in [5.74, 6) is 0.427. The second-order valence-corrected chi connectivity index (χ2v) is 5.85. The Hall–Kier alpha value is -2.14. The first-order valence-corrected chi connectivity index (χ1v) is 7.75. The highest BCUT2D eigenvalue weighted by Crippen LogP contribution is 2.35. The van der Waals surface area contributed by atoms with E-state index in [1.165, 1.54) is 0 Å². The summed E-state index contributed by atoms with van der Waals surface area (Å²) in [6.45, 7) is 6.04. The summed E-state index contributed by atoms with van der Waals surface area (Å²) >= 11 is 0. The second-order valence-electron chi connectivity index (χ2n) is 5.85. The standard InChI is InChI=1S/C17H22N4O/c1-4-17(22,5-2)11(3)21-10-19-14-15(21)12-8-6-7-9-13(12)20-16(14)18/h6-11,22H,4-5H2,1-3H3,(H2,18,20)/t11-/m1/s1. The molecule has 0 saturated carbocycles. The molecule has 0 aliphatic rings. The van der Waals surface area contributed by atoms with Crippen LogP contribution in [0.25, 0.3) is 21.9 Å². The fourth-order valence-corrected chi connectivity index (χ4v) is 3.16. The van der Waals surface area contributed by atoms with Crippen LogP contribution in [0, 0.1) is 0 Å². The van der Waals surface area contributed by atoms with Crippen LogP contribution in [0.15, 0.2) is 30.6 Å². The average molecular weight is 298 g/mol. The molecule has 0 bridgehead atoms. The molecule has 3 N–H and O–H groups in total. The third-order valence-electron chi connectivity index (χ3n) is 4.86. The van der Waals surface area contributed by atoms with Gasteiger partial charge in [0, 0.05) is 5.39 Å². The van der Waals surface area contributed by atoms with Crippen molar-refractivity contribution in [1.29, 1.82) is 0 Å². The van der Waals surface area contributed by atoms with Crippen molar-refractivity contribution in [2.75, 3.05) is 5.73 Å². The van der Waals surface area contributed by atoms with Gasteiger partial charge in [-0.2, -0.15) is 0 Å². The number of hydrogen-bond acceptors (Lipinski definition) is 4. The number of rotatable bonds is 4. The number of imidazole rings is 1. The Morgan fingerprint density at radius 3 is 2.64 bits per heavy atom. The molecule has 1 atom stereocenters. The molecule has 0 spiro atoms. The number of fused-ring (bicyclic) bond motifs is 3. The van der Waals surface area contributed by atoms with Gasteiger partial charge in [-0.3, -0.25) is 0 Å². The normalized spacial score (nSPS) is 13.8. The molecule has 3 aromatic rings. The van der Waals surface area contributed by atoms with E-state index in [2.05, 4.69) is 9.97 Å². The Morgan fingerprint density at radius 2 is 1.95 bits per heavy atom. The maximum absolute atomic E-state index is 10.9. The first-order chi connectivity index (χ1) is 10.5. The molecule has 2 aromatic heterocycles. The van der Waals surface area contributed by atoms with Crippen LogP contribution < -0.4 is 5.73 Å². The molecular weight excluding hydrogens is 276 g/mol. The van der Waals surface area contributed by atoms with Crippen molar-refractivity contribution >= 4 is 27.8 Å². The van der Waals surface area contributed by atoms with Crippen molar-refractivity contribution in [3.8, 4) is 0 Å². The van der Waals surface area contributed by atoms with Gasteiger partial charge in [0.1, 0.15) is 5.52 Å². The average Bonchev–Trinajstić information content (AvgIpc) is 2.99. The smallest absolute Gasteiger partial charge is 0.152 e. The van der Waals surface area contributed by atoms with Crippen LogP contribution in [-0.4, -0.2) is 25.2 Å². The molecule has 116 valence electrons. The molecule has 5 nitrogen and oxygen atoms in total. The minimum Gasteiger partial charge on any atom is -0.388 e. The number of benzene rings is 1. The van der Waals surface area contributed by atoms with Crippen molar-refractivity contribution in [3.05, 3.63) is 30.6 Å². The van der Waals surface area contributed by atoms with E-state index in [1.807, 2.05) is 49.6 Å². The van der Waals surface area contributed by atoms with Crippen molar-refractivity contribution in [2.24, 2.45) is 0 Å². The SMILES string of the molecule is CCC(O)(CC)[C@@H](C)n1cnc2c(N)nc3ccccc3c21. The molecule has 0 aliphatic carbocycles. The number of aromatic nitrogens is 3. The largest absolute Gasteiger partial charge is 0.388 e. The number of anilines is 1. The predicted molar refractivity (Wildman–Crippen MR) is 89.7 cm³/mol. The fourth-order valence-electron chi connectivity index (χ4n) is 3.16. The lowest BCUT2D eigenvalue weighted by Gasteiger charge is -2.33. The van der Waals surface area contributed by atoms with Crippen LogP contribution in [0.2, 0.25) is 0 Å². The van der Waals surface area contributed by atoms with E-state index in [-0.39, 0.29) is 6.04 Å². The monoisotopic (exact) mass is 298 g/mol. The van der Waals surface area contributed by atoms with E-state index in [0.29, 0.717) is 24.2 Å². The third kappa shape index (κ3) is 2.04. The Bertz CT molecular complexity index is 820. The molecule has 0 aliphatic heterocycles. The van der Waals surface area contributed by atoms with Crippen LogP contribution in [0.5, 0.6) is 0 Å². The minimum absolute atomic E-state index is 0.0993. The quantitative estimate of drug-likeness (QED) is 0.775. The van der Waals surface area contributed by atoms with Gasteiger partial charge in [0.15, 0.2) is 5.82 Å². The van der Waals surface area contributed by atoms with Crippen LogP contribution in [-0.2, 0) is 0 Å². The Balaban J connectivity index is 2.32. The molecule has 0 radical (unpaired) electrons. The highest BCUT2D eigenvalue weighted by Gasteiger charge is 2.32. The second kappa shape index (κ2) is 5.25. The summed E-state index contributed by atoms with van der Waals surface area (Å²) in [4.78, 5) is 8.85. The Labute approximate surface area is 129 Å². The fraction of sp³-hybridized carbons (Fsp3) is 0.412. The van der Waals surface area contributed by atoms with Gasteiger partial charge in [-0.25, -0.2) is 9.97 Å². The number of nitrogen functional groups attached to an aromatic ring is 1. The van der Waals surface area contributed by atoms with E-state index < -0.39 is 5.60 Å². The molecule has 0 amide bonds. The first kappa shape index (κ1) is 14.8. The predicted octanol–water partition coefficient (Wildman–Crippen LogP) is 3.28. The molecule has 3 rings (SSSR count). The summed E-state index contributed by atoms with van der Waals surface area (Å²) in [6, 6.07) is 7.79. The van der Waals surface area contributed by atoms with Gasteiger partial charge in [0.05, 0.1) is 29.0 Å². The topological polar surface area (TPSA) is 77.0 Å². The number of pyridine rings is 1. The minimum atomic E-state index is -0.771. The number of hydrogen-bond donors (Lipinski definition) is 2. The molecule has 1 aromatic carbocycles. The molecule has 0 unspecified atom stereocenters. The van der Waals surface area contributed by atoms with Gasteiger partial charge in [0.25, 0.3) is 0 Å². The van der Waals surface area contributed by atoms with E-state index in [4.69, 9.17) is 5.73 Å². The summed E-state index contributed by atoms with van der Waals surface area (Å²) in [5.41, 5.74) is 7.77. The molecule has 0 saturated heterocycles. The zero-order valence-corrected chi connectivity index (χ0v) is 13.2. The van der Waals surface area contributed by atoms with Gasteiger partial charge in [-0.05, 0) is 25.8 Å². The lowest BCUT2D eigenvalue weighted by Crippen LogP contribution is -2.36. The zero-order chi connectivity index (χ0) is 15.9. The van der Waals surface area contributed by atoms with E-state index in [0.717, 1.165) is 16.4 Å². The number of para-hydroxylation sites is 1. The van der Waals surface area contributed by atoms with Crippen molar-refractivity contribution < 1.29 is 5.11 Å². The number of nitrogens with two attached hydrogens (primary N) is 1. The molecule has 22 heavy (non-hydrogen) atoms. The van der Waals surface area contributed by atoms with E-state index >= 15 is 0 Å². The van der Waals surface area contributed by atoms with Gasteiger partial charge >= 0.3 is 0 Å². The maximum Gasteiger partial charge on any atom is 0.152 e. The van der Waals surface area contributed by atoms with E-state index in [1.54, 1.807) is 6.33 Å². The number of aliphatic hydroxyl groups is 1. The van der Waals surface area contributed by atoms with Crippen LogP contribution in [0.3, 0.4) is 0 Å². The van der Waals surface area contributed by atoms with Crippen LogP contribution in [0.4, 0.5) is 5.82 Å². The summed E-state index contributed by atoms with van der Waals surface area (Å²) < 4.78 is 2.03. The third-order valence-corrected chi connectivity index (χ3v) is 4.86. The first-order valence-electron chi connectivity index (χ1n) is 7.75. The number of nitrogens with zero attached hydrogens (tertiary/aromatic N) is 3. The molecular formula is C17H22N4O. The zero-order valence-electron chi connectivity index (χ0n) is 13.2. The molecule has 2 heterocycles. The summed E-state index contributed by atoms with van der Waals surface area (Å²) in [5, 5.41) is 11.9. The van der Waals surface area contributed by atoms with Gasteiger partial charge in [-0.15, -0.1) is 0 Å². The highest BCUT2D eigenvalue weighted by atomic mass is 16.3. The highest BCUT2D eigenvalue weighted by molar-refractivity contribution is 6.06. The van der Waals surface area contributed by atoms with Crippen LogP contribution in [0.1, 0.15) is 39.7 Å². The lowest BCUT2D eigenvalue weighted by molar-refractivity contribution is -0.0119. The van der Waals surface area contributed by atoms with Gasteiger partial charge in [-0.1, -0.05) is 32.0 Å². The summed E-state index contributed by atoms with van der Waals surface area (Å²) in [6.07, 6.45) is 3.13. The Kier molecular flexibility index (Phi) is 3.53. The van der Waals surface area contributed by atoms with Crippen LogP contribution >= 0.6 is 0 Å². The molecule has 5 heteroatoms. The van der Waals surface area contributed by atoms with Crippen molar-refractivity contribution in [1.82, 2.24) is 14.5 Å². The van der Waals surface area contributed by atoms with E-state index in [9.17, 15) is 5.11 Å². The summed E-state index contributed by atoms with van der Waals surface area (Å²) in [7, 11) is 0. The molecule has 0 fully saturated rings. The van der Waals surface area contributed by atoms with Crippen molar-refractivity contribution in [2.45, 2.75) is 45.3 Å². The van der Waals surface area contributed by atoms with Crippen molar-refractivity contribution in [3.63, 3.8) is 0 Å². The van der Waals surface area contributed by atoms with Gasteiger partial charge < -0.3 is 15.4 Å². The van der Waals surface area contributed by atoms with Gasteiger partial charge in [0.2, 0.25) is 0 Å². The maximum atomic E-state index is 10.9.